The number of carbonyl (C=O) groups is 2. The van der Waals surface area contributed by atoms with Gasteiger partial charge in [-0.15, -0.1) is 0 Å². The Morgan fingerprint density at radius 2 is 1.47 bits per heavy atom. The van der Waals surface area contributed by atoms with E-state index in [1.165, 1.54) is 43.3 Å². The highest BCUT2D eigenvalue weighted by Gasteiger charge is 2.50. The molecule has 2 aliphatic heterocycles. The smallest absolute Gasteiger partial charge is 0.303 e. The number of benzene rings is 2. The van der Waals surface area contributed by atoms with Crippen molar-refractivity contribution in [3.05, 3.63) is 52.7 Å². The lowest BCUT2D eigenvalue weighted by Gasteiger charge is -2.43. The maximum absolute atomic E-state index is 12.8. The van der Waals surface area contributed by atoms with Gasteiger partial charge in [-0.3, -0.25) is 14.4 Å². The Kier molecular flexibility index (Phi) is 10.0. The highest BCUT2D eigenvalue weighted by Crippen LogP contribution is 2.34. The summed E-state index contributed by atoms with van der Waals surface area (Å²) in [6.45, 7) is 3.19. The first-order valence-corrected chi connectivity index (χ1v) is 14.5. The van der Waals surface area contributed by atoms with E-state index >= 15 is 0 Å². The van der Waals surface area contributed by atoms with Crippen LogP contribution in [-0.4, -0.2) is 111 Å². The van der Waals surface area contributed by atoms with Gasteiger partial charge in [-0.2, -0.15) is 0 Å². The van der Waals surface area contributed by atoms with E-state index in [1.807, 2.05) is 0 Å². The second-order valence-corrected chi connectivity index (χ2v) is 11.2. The molecule has 0 radical (unpaired) electrons. The highest BCUT2D eigenvalue weighted by atomic mass is 16.7. The summed E-state index contributed by atoms with van der Waals surface area (Å²) in [5.74, 6) is -2.00. The minimum Gasteiger partial charge on any atom is -0.508 e. The monoisotopic (exact) mass is 662 g/mol. The van der Waals surface area contributed by atoms with E-state index in [1.54, 1.807) is 0 Å². The predicted molar refractivity (Wildman–Crippen MR) is 156 cm³/mol. The lowest BCUT2D eigenvalue weighted by molar-refractivity contribution is -0.320. The molecule has 254 valence electrons. The number of aliphatic hydroxyl groups is 4. The fourth-order valence-corrected chi connectivity index (χ4v) is 5.36. The maximum atomic E-state index is 12.8. The summed E-state index contributed by atoms with van der Waals surface area (Å²) < 4.78 is 38.8. The molecule has 2 saturated heterocycles. The van der Waals surface area contributed by atoms with Crippen LogP contribution >= 0.6 is 0 Å². The van der Waals surface area contributed by atoms with Crippen LogP contribution in [0.3, 0.4) is 0 Å². The first-order valence-electron chi connectivity index (χ1n) is 14.5. The molecular weight excluding hydrogens is 628 g/mol. The SMILES string of the molecule is CC(=O)O[C@@H]1[C@@H](OC(C)=O)[C@@H](O)C(OC[C@H]2OC(Oc3cc(O)c4c(=O)cc(-c5ccc(O)cc5)oc4c3)[C@H](O)[C@H](O)[C@@H]2O)O[C@H]1C. The molecule has 2 aliphatic rings. The van der Waals surface area contributed by atoms with Gasteiger partial charge < -0.3 is 63.5 Å². The molecule has 1 aromatic heterocycles. The molecule has 47 heavy (non-hydrogen) atoms. The molecule has 0 amide bonds. The molecule has 0 spiro atoms. The molecule has 0 saturated carbocycles. The largest absolute Gasteiger partial charge is 0.508 e. The van der Waals surface area contributed by atoms with Gasteiger partial charge in [-0.05, 0) is 31.2 Å². The third-order valence-electron chi connectivity index (χ3n) is 7.64. The van der Waals surface area contributed by atoms with Crippen LogP contribution < -0.4 is 10.2 Å². The van der Waals surface area contributed by atoms with Crippen LogP contribution in [-0.2, 0) is 33.3 Å². The third kappa shape index (κ3) is 7.33. The van der Waals surface area contributed by atoms with Gasteiger partial charge in [0.15, 0.2) is 23.9 Å². The standard InChI is InChI=1S/C31H34O16/c1-12-28(43-13(2)32)29(44-14(3)33)27(40)30(42-12)41-11-22-24(37)25(38)26(39)31(47-22)45-17-8-18(35)23-19(36)10-20(46-21(23)9-17)15-4-6-16(34)7-5-15/h4-10,12,22,24-31,34-35,37-40H,11H2,1-3H3/t12-,22+,24+,25+,26+,27+,28-,29-,30?,31?/m0/s1. The minimum absolute atomic E-state index is 0.00312. The summed E-state index contributed by atoms with van der Waals surface area (Å²) in [5, 5.41) is 62.7. The molecule has 3 heterocycles. The van der Waals surface area contributed by atoms with Crippen LogP contribution in [0, 0.1) is 0 Å². The molecule has 16 nitrogen and oxygen atoms in total. The summed E-state index contributed by atoms with van der Waals surface area (Å²) in [5.41, 5.74) is -0.200. The summed E-state index contributed by atoms with van der Waals surface area (Å²) >= 11 is 0. The fourth-order valence-electron chi connectivity index (χ4n) is 5.36. The zero-order valence-corrected chi connectivity index (χ0v) is 25.3. The zero-order chi connectivity index (χ0) is 34.2. The number of aliphatic hydroxyl groups excluding tert-OH is 4. The van der Waals surface area contributed by atoms with Gasteiger partial charge in [-0.1, -0.05) is 0 Å². The average Bonchev–Trinajstić information content (AvgIpc) is 3.00. The number of hydrogen-bond donors (Lipinski definition) is 6. The molecule has 2 unspecified atom stereocenters. The van der Waals surface area contributed by atoms with Gasteiger partial charge in [0.05, 0.1) is 12.7 Å². The van der Waals surface area contributed by atoms with Crippen molar-refractivity contribution < 1.29 is 73.1 Å². The van der Waals surface area contributed by atoms with Crippen molar-refractivity contribution >= 4 is 22.9 Å². The van der Waals surface area contributed by atoms with E-state index < -0.39 is 91.1 Å². The van der Waals surface area contributed by atoms with E-state index in [-0.39, 0.29) is 28.2 Å². The van der Waals surface area contributed by atoms with E-state index in [4.69, 9.17) is 32.8 Å². The number of phenols is 2. The van der Waals surface area contributed by atoms with E-state index in [0.29, 0.717) is 5.56 Å². The minimum atomic E-state index is -1.81. The van der Waals surface area contributed by atoms with Gasteiger partial charge in [0, 0.05) is 37.6 Å². The number of carbonyl (C=O) groups excluding carboxylic acids is 2. The lowest BCUT2D eigenvalue weighted by Crippen LogP contribution is -2.62. The zero-order valence-electron chi connectivity index (χ0n) is 25.3. The summed E-state index contributed by atoms with van der Waals surface area (Å²) in [6.07, 6.45) is -14.9. The number of rotatable bonds is 8. The Labute approximate surface area is 266 Å². The number of ether oxygens (including phenoxy) is 6. The molecular formula is C31H34O16. The second kappa shape index (κ2) is 13.8. The predicted octanol–water partition coefficient (Wildman–Crippen LogP) is 0.0433. The normalized spacial score (nSPS) is 30.9. The van der Waals surface area contributed by atoms with Gasteiger partial charge in [0.25, 0.3) is 0 Å². The van der Waals surface area contributed by atoms with Crippen LogP contribution in [0.15, 0.2) is 51.7 Å². The molecule has 2 fully saturated rings. The van der Waals surface area contributed by atoms with Crippen molar-refractivity contribution in [2.45, 2.75) is 82.2 Å². The van der Waals surface area contributed by atoms with Crippen molar-refractivity contribution in [1.29, 1.82) is 0 Å². The number of phenolic OH excluding ortho intramolecular Hbond substituents is 2. The number of hydrogen-bond acceptors (Lipinski definition) is 16. The third-order valence-corrected chi connectivity index (χ3v) is 7.64. The van der Waals surface area contributed by atoms with Gasteiger partial charge in [-0.25, -0.2) is 0 Å². The molecule has 0 aliphatic carbocycles. The van der Waals surface area contributed by atoms with Crippen LogP contribution in [0.25, 0.3) is 22.3 Å². The second-order valence-electron chi connectivity index (χ2n) is 11.2. The Morgan fingerprint density at radius 3 is 2.13 bits per heavy atom. The van der Waals surface area contributed by atoms with Crippen molar-refractivity contribution in [3.8, 4) is 28.6 Å². The van der Waals surface area contributed by atoms with Gasteiger partial charge in [0.1, 0.15) is 64.5 Å². The average molecular weight is 663 g/mol. The Bertz CT molecular complexity index is 1650. The van der Waals surface area contributed by atoms with Gasteiger partial charge >= 0.3 is 11.9 Å². The van der Waals surface area contributed by atoms with E-state index in [0.717, 1.165) is 19.9 Å². The Hall–Kier alpha value is -4.29. The number of fused-ring (bicyclic) bond motifs is 1. The topological polar surface area (TPSA) is 241 Å². The summed E-state index contributed by atoms with van der Waals surface area (Å²) in [6, 6.07) is 9.34. The highest BCUT2D eigenvalue weighted by molar-refractivity contribution is 5.86. The van der Waals surface area contributed by atoms with Crippen molar-refractivity contribution in [2.24, 2.45) is 0 Å². The van der Waals surface area contributed by atoms with Crippen LogP contribution in [0.2, 0.25) is 0 Å². The Morgan fingerprint density at radius 1 is 0.809 bits per heavy atom. The molecule has 0 bridgehead atoms. The number of aromatic hydroxyl groups is 2. The first-order chi connectivity index (χ1) is 22.2. The van der Waals surface area contributed by atoms with Gasteiger partial charge in [0.2, 0.25) is 6.29 Å². The first kappa shape index (κ1) is 34.1. The molecule has 10 atom stereocenters. The van der Waals surface area contributed by atoms with Crippen molar-refractivity contribution in [1.82, 2.24) is 0 Å². The Balaban J connectivity index is 1.33. The van der Waals surface area contributed by atoms with E-state index in [2.05, 4.69) is 0 Å². The van der Waals surface area contributed by atoms with Crippen molar-refractivity contribution in [3.63, 3.8) is 0 Å². The lowest BCUT2D eigenvalue weighted by atomic mass is 9.98. The molecule has 16 heteroatoms. The molecule has 5 rings (SSSR count). The molecule has 2 aromatic carbocycles. The molecule has 6 N–H and O–H groups in total. The maximum Gasteiger partial charge on any atom is 0.303 e. The summed E-state index contributed by atoms with van der Waals surface area (Å²) in [4.78, 5) is 36.1. The van der Waals surface area contributed by atoms with Crippen LogP contribution in [0.5, 0.6) is 17.2 Å². The molecule has 3 aromatic rings. The number of esters is 2. The van der Waals surface area contributed by atoms with Crippen molar-refractivity contribution in [2.75, 3.05) is 6.61 Å². The summed E-state index contributed by atoms with van der Waals surface area (Å²) in [7, 11) is 0. The van der Waals surface area contributed by atoms with Crippen LogP contribution in [0.1, 0.15) is 20.8 Å². The fraction of sp³-hybridized carbons (Fsp3) is 0.452. The van der Waals surface area contributed by atoms with E-state index in [9.17, 15) is 45.0 Å². The quantitative estimate of drug-likeness (QED) is 0.175. The van der Waals surface area contributed by atoms with Crippen LogP contribution in [0.4, 0.5) is 0 Å².